The van der Waals surface area contributed by atoms with Crippen LogP contribution in [0.5, 0.6) is 0 Å². The quantitative estimate of drug-likeness (QED) is 0.0261. The summed E-state index contributed by atoms with van der Waals surface area (Å²) in [5.74, 6) is -0.875. The molecule has 0 N–H and O–H groups in total. The van der Waals surface area contributed by atoms with Crippen molar-refractivity contribution in [1.82, 2.24) is 0 Å². The van der Waals surface area contributed by atoms with Crippen molar-refractivity contribution >= 4 is 17.9 Å². The fraction of sp³-hybridized carbons (Fsp3) is 0.857. The van der Waals surface area contributed by atoms with Crippen LogP contribution in [0.15, 0.2) is 36.5 Å². The topological polar surface area (TPSA) is 78.9 Å². The van der Waals surface area contributed by atoms with Gasteiger partial charge in [-0.3, -0.25) is 14.4 Å². The second-order valence-electron chi connectivity index (χ2n) is 20.6. The molecule has 0 bridgehead atoms. The minimum atomic E-state index is -0.777. The van der Waals surface area contributed by atoms with Crippen molar-refractivity contribution in [3.63, 3.8) is 0 Å². The van der Waals surface area contributed by atoms with Gasteiger partial charge in [0.2, 0.25) is 0 Å². The molecule has 404 valence electrons. The molecular weight excluding hydrogens is 853 g/mol. The summed E-state index contributed by atoms with van der Waals surface area (Å²) in [4.78, 5) is 38.2. The van der Waals surface area contributed by atoms with Crippen molar-refractivity contribution in [3.05, 3.63) is 36.5 Å². The Labute approximate surface area is 429 Å². The highest BCUT2D eigenvalue weighted by molar-refractivity contribution is 5.71. The average Bonchev–Trinajstić information content (AvgIpc) is 3.35. The zero-order valence-electron chi connectivity index (χ0n) is 46.3. The smallest absolute Gasteiger partial charge is 0.306 e. The van der Waals surface area contributed by atoms with Gasteiger partial charge in [0.05, 0.1) is 0 Å². The van der Waals surface area contributed by atoms with Crippen molar-refractivity contribution in [2.75, 3.05) is 13.2 Å². The van der Waals surface area contributed by atoms with E-state index in [9.17, 15) is 14.4 Å². The molecule has 0 saturated heterocycles. The van der Waals surface area contributed by atoms with E-state index in [1.807, 2.05) is 0 Å². The van der Waals surface area contributed by atoms with Gasteiger partial charge in [-0.1, -0.05) is 288 Å². The highest BCUT2D eigenvalue weighted by Gasteiger charge is 2.19. The van der Waals surface area contributed by atoms with Gasteiger partial charge in [-0.05, 0) is 57.8 Å². The van der Waals surface area contributed by atoms with E-state index in [0.717, 1.165) is 83.5 Å². The molecule has 0 aromatic carbocycles. The first-order chi connectivity index (χ1) is 34.0. The minimum absolute atomic E-state index is 0.0742. The van der Waals surface area contributed by atoms with Gasteiger partial charge in [0.15, 0.2) is 6.10 Å². The predicted molar refractivity (Wildman–Crippen MR) is 298 cm³/mol. The molecule has 6 nitrogen and oxygen atoms in total. The van der Waals surface area contributed by atoms with Gasteiger partial charge in [-0.2, -0.15) is 0 Å². The number of carbonyl (C=O) groups excluding carboxylic acids is 3. The van der Waals surface area contributed by atoms with Crippen LogP contribution in [0.4, 0.5) is 0 Å². The Morgan fingerprint density at radius 2 is 0.522 bits per heavy atom. The number of rotatable bonds is 56. The van der Waals surface area contributed by atoms with Gasteiger partial charge in [0, 0.05) is 19.3 Å². The van der Waals surface area contributed by atoms with Gasteiger partial charge in [-0.25, -0.2) is 0 Å². The first-order valence-corrected chi connectivity index (χ1v) is 30.5. The molecule has 0 saturated carbocycles. The highest BCUT2D eigenvalue weighted by Crippen LogP contribution is 2.17. The Kier molecular flexibility index (Phi) is 56.2. The molecule has 0 aromatic heterocycles. The maximum absolute atomic E-state index is 12.8. The molecule has 0 radical (unpaired) electrons. The zero-order chi connectivity index (χ0) is 50.0. The molecular formula is C63H116O6. The molecule has 0 amide bonds. The van der Waals surface area contributed by atoms with Gasteiger partial charge in [-0.15, -0.1) is 0 Å². The Bertz CT molecular complexity index is 1160. The standard InChI is InChI=1S/C63H116O6/c1-4-7-10-13-16-19-22-25-27-29-30-31-32-34-36-39-41-44-47-50-53-56-62(65)68-59-60(69-63(66)57-54-51-48-45-42-37-24-21-18-15-12-9-6-3)58-67-61(64)55-52-49-46-43-40-38-35-33-28-26-23-20-17-14-11-8-5-2/h17,20,26,28,35,38,60H,4-16,18-19,21-25,27,29-34,36-37,39-59H2,1-3H3/b20-17-,28-26-,38-35-/t60-/m1/s1. The van der Waals surface area contributed by atoms with Gasteiger partial charge < -0.3 is 14.2 Å². The minimum Gasteiger partial charge on any atom is -0.462 e. The molecule has 0 aliphatic heterocycles. The van der Waals surface area contributed by atoms with E-state index in [-0.39, 0.29) is 31.1 Å². The average molecular weight is 970 g/mol. The number of hydrogen-bond acceptors (Lipinski definition) is 6. The first-order valence-electron chi connectivity index (χ1n) is 30.5. The molecule has 0 aromatic rings. The highest BCUT2D eigenvalue weighted by atomic mass is 16.6. The Morgan fingerprint density at radius 1 is 0.290 bits per heavy atom. The maximum atomic E-state index is 12.8. The first kappa shape index (κ1) is 66.6. The lowest BCUT2D eigenvalue weighted by Gasteiger charge is -2.18. The van der Waals surface area contributed by atoms with Crippen LogP contribution in [0.3, 0.4) is 0 Å². The van der Waals surface area contributed by atoms with E-state index in [4.69, 9.17) is 14.2 Å². The Hall–Kier alpha value is -2.37. The molecule has 6 heteroatoms. The van der Waals surface area contributed by atoms with E-state index in [0.29, 0.717) is 19.3 Å². The molecule has 0 aliphatic carbocycles. The van der Waals surface area contributed by atoms with Crippen LogP contribution >= 0.6 is 0 Å². The summed E-state index contributed by atoms with van der Waals surface area (Å²) in [5, 5.41) is 0. The van der Waals surface area contributed by atoms with Crippen molar-refractivity contribution < 1.29 is 28.6 Å². The van der Waals surface area contributed by atoms with E-state index in [2.05, 4.69) is 57.2 Å². The summed E-state index contributed by atoms with van der Waals surface area (Å²) < 4.78 is 16.9. The third kappa shape index (κ3) is 56.4. The second kappa shape index (κ2) is 58.2. The molecule has 0 fully saturated rings. The second-order valence-corrected chi connectivity index (χ2v) is 20.6. The summed E-state index contributed by atoms with van der Waals surface area (Å²) in [6, 6.07) is 0. The van der Waals surface area contributed by atoms with Crippen LogP contribution < -0.4 is 0 Å². The van der Waals surface area contributed by atoms with Crippen LogP contribution in [-0.4, -0.2) is 37.2 Å². The van der Waals surface area contributed by atoms with Crippen LogP contribution in [0, 0.1) is 0 Å². The normalized spacial score (nSPS) is 12.2. The lowest BCUT2D eigenvalue weighted by molar-refractivity contribution is -0.167. The third-order valence-corrected chi connectivity index (χ3v) is 13.6. The molecule has 69 heavy (non-hydrogen) atoms. The van der Waals surface area contributed by atoms with Gasteiger partial charge in [0.1, 0.15) is 13.2 Å². The summed E-state index contributed by atoms with van der Waals surface area (Å²) in [7, 11) is 0. The lowest BCUT2D eigenvalue weighted by atomic mass is 10.0. The maximum Gasteiger partial charge on any atom is 0.306 e. The fourth-order valence-corrected chi connectivity index (χ4v) is 9.04. The molecule has 0 unspecified atom stereocenters. The largest absolute Gasteiger partial charge is 0.462 e. The number of allylic oxidation sites excluding steroid dienone is 6. The van der Waals surface area contributed by atoms with Crippen molar-refractivity contribution in [2.45, 2.75) is 335 Å². The van der Waals surface area contributed by atoms with Crippen LogP contribution in [-0.2, 0) is 28.6 Å². The molecule has 1 atom stereocenters. The third-order valence-electron chi connectivity index (χ3n) is 13.6. The number of carbonyl (C=O) groups is 3. The Balaban J connectivity index is 4.30. The predicted octanol–water partition coefficient (Wildman–Crippen LogP) is 20.4. The lowest BCUT2D eigenvalue weighted by Crippen LogP contribution is -2.30. The van der Waals surface area contributed by atoms with E-state index >= 15 is 0 Å². The van der Waals surface area contributed by atoms with Crippen molar-refractivity contribution in [1.29, 1.82) is 0 Å². The number of ether oxygens (including phenoxy) is 3. The molecule has 0 spiro atoms. The number of hydrogen-bond donors (Lipinski definition) is 0. The molecule has 0 heterocycles. The summed E-state index contributed by atoms with van der Waals surface area (Å²) in [6.45, 7) is 6.64. The van der Waals surface area contributed by atoms with Crippen LogP contribution in [0.2, 0.25) is 0 Å². The van der Waals surface area contributed by atoms with Gasteiger partial charge in [0.25, 0.3) is 0 Å². The zero-order valence-corrected chi connectivity index (χ0v) is 46.3. The van der Waals surface area contributed by atoms with Gasteiger partial charge >= 0.3 is 17.9 Å². The fourth-order valence-electron chi connectivity index (χ4n) is 9.04. The van der Waals surface area contributed by atoms with Crippen LogP contribution in [0.1, 0.15) is 329 Å². The summed E-state index contributed by atoms with van der Waals surface area (Å²) >= 11 is 0. The number of esters is 3. The van der Waals surface area contributed by atoms with E-state index < -0.39 is 6.10 Å². The number of unbranched alkanes of at least 4 members (excludes halogenated alkanes) is 39. The van der Waals surface area contributed by atoms with E-state index in [1.165, 1.54) is 205 Å². The van der Waals surface area contributed by atoms with Crippen molar-refractivity contribution in [3.8, 4) is 0 Å². The molecule has 0 rings (SSSR count). The van der Waals surface area contributed by atoms with Crippen molar-refractivity contribution in [2.24, 2.45) is 0 Å². The van der Waals surface area contributed by atoms with Crippen LogP contribution in [0.25, 0.3) is 0 Å². The van der Waals surface area contributed by atoms with E-state index in [1.54, 1.807) is 0 Å². The monoisotopic (exact) mass is 969 g/mol. The summed E-state index contributed by atoms with van der Waals surface area (Å²) in [6.07, 6.45) is 70.0. The molecule has 0 aliphatic rings. The Morgan fingerprint density at radius 3 is 0.841 bits per heavy atom. The summed E-state index contributed by atoms with van der Waals surface area (Å²) in [5.41, 5.74) is 0. The SMILES string of the molecule is CCCCC/C=C\C/C=C\C/C=C\CCCCCCC(=O)OC[C@H](COC(=O)CCCCCCCCCCCCCCCCCCCCCCC)OC(=O)CCCCCCCCCCCCCCC.